The Bertz CT molecular complexity index is 718. The van der Waals surface area contributed by atoms with Crippen LogP contribution in [-0.4, -0.2) is 28.5 Å². The van der Waals surface area contributed by atoms with Crippen molar-refractivity contribution in [3.63, 3.8) is 0 Å². The van der Waals surface area contributed by atoms with Crippen LogP contribution in [0.15, 0.2) is 35.5 Å². The zero-order valence-electron chi connectivity index (χ0n) is 13.0. The van der Waals surface area contributed by atoms with E-state index in [1.54, 1.807) is 29.7 Å². The van der Waals surface area contributed by atoms with E-state index in [-0.39, 0.29) is 11.9 Å². The average molecular weight is 351 g/mol. The minimum Gasteiger partial charge on any atom is -0.348 e. The molecule has 1 aliphatic rings. The Labute approximate surface area is 144 Å². The van der Waals surface area contributed by atoms with Crippen LogP contribution >= 0.6 is 23.4 Å². The Balaban J connectivity index is 1.79. The quantitative estimate of drug-likeness (QED) is 0.890. The number of rotatable bonds is 4. The highest BCUT2D eigenvalue weighted by atomic mass is 35.5. The number of benzene rings is 1. The van der Waals surface area contributed by atoms with Crippen molar-refractivity contribution >= 4 is 29.3 Å². The van der Waals surface area contributed by atoms with Gasteiger partial charge in [-0.1, -0.05) is 11.6 Å². The predicted octanol–water partition coefficient (Wildman–Crippen LogP) is 2.69. The molecule has 0 saturated carbocycles. The molecule has 2 aromatic rings. The van der Waals surface area contributed by atoms with E-state index in [2.05, 4.69) is 15.7 Å². The third kappa shape index (κ3) is 3.54. The Morgan fingerprint density at radius 3 is 3.04 bits per heavy atom. The van der Waals surface area contributed by atoms with E-state index in [0.717, 1.165) is 23.3 Å². The molecule has 1 aromatic carbocycles. The number of nitrogens with one attached hydrogen (secondary N) is 2. The molecular formula is C16H19ClN4OS. The van der Waals surface area contributed by atoms with E-state index in [0.29, 0.717) is 5.02 Å². The molecule has 1 amide bonds. The fourth-order valence-corrected chi connectivity index (χ4v) is 4.09. The SMILES string of the molecule is CNC(C(=O)NC1CCSc2ccc(Cl)cc21)c1cnn(C)c1. The van der Waals surface area contributed by atoms with E-state index in [1.807, 2.05) is 31.4 Å². The van der Waals surface area contributed by atoms with Crippen molar-refractivity contribution in [3.8, 4) is 0 Å². The van der Waals surface area contributed by atoms with Crippen LogP contribution < -0.4 is 10.6 Å². The second kappa shape index (κ2) is 6.95. The number of fused-ring (bicyclic) bond motifs is 1. The first kappa shape index (κ1) is 16.4. The summed E-state index contributed by atoms with van der Waals surface area (Å²) in [7, 11) is 3.61. The lowest BCUT2D eigenvalue weighted by molar-refractivity contribution is -0.124. The molecule has 0 spiro atoms. The van der Waals surface area contributed by atoms with Gasteiger partial charge in [0.25, 0.3) is 0 Å². The van der Waals surface area contributed by atoms with E-state index >= 15 is 0 Å². The number of halogens is 1. The van der Waals surface area contributed by atoms with Crippen LogP contribution in [0.3, 0.4) is 0 Å². The van der Waals surface area contributed by atoms with Crippen molar-refractivity contribution in [2.45, 2.75) is 23.4 Å². The molecule has 23 heavy (non-hydrogen) atoms. The Morgan fingerprint density at radius 2 is 2.35 bits per heavy atom. The summed E-state index contributed by atoms with van der Waals surface area (Å²) in [6, 6.07) is 5.44. The van der Waals surface area contributed by atoms with Gasteiger partial charge in [0.2, 0.25) is 5.91 Å². The Hall–Kier alpha value is -1.50. The van der Waals surface area contributed by atoms with Gasteiger partial charge in [0.1, 0.15) is 6.04 Å². The molecular weight excluding hydrogens is 332 g/mol. The average Bonchev–Trinajstić information content (AvgIpc) is 2.95. The highest BCUT2D eigenvalue weighted by Gasteiger charge is 2.27. The molecule has 122 valence electrons. The Morgan fingerprint density at radius 1 is 1.52 bits per heavy atom. The van der Waals surface area contributed by atoms with Crippen LogP contribution in [-0.2, 0) is 11.8 Å². The van der Waals surface area contributed by atoms with Crippen LogP contribution in [0.2, 0.25) is 5.02 Å². The predicted molar refractivity (Wildman–Crippen MR) is 92.7 cm³/mol. The third-order valence-electron chi connectivity index (χ3n) is 3.94. The highest BCUT2D eigenvalue weighted by molar-refractivity contribution is 7.99. The fourth-order valence-electron chi connectivity index (χ4n) is 2.81. The van der Waals surface area contributed by atoms with E-state index in [4.69, 9.17) is 11.6 Å². The molecule has 7 heteroatoms. The van der Waals surface area contributed by atoms with Crippen LogP contribution in [0.1, 0.15) is 29.6 Å². The summed E-state index contributed by atoms with van der Waals surface area (Å²) in [5, 5.41) is 11.0. The van der Waals surface area contributed by atoms with Crippen molar-refractivity contribution in [1.29, 1.82) is 0 Å². The van der Waals surface area contributed by atoms with Gasteiger partial charge in [-0.2, -0.15) is 5.10 Å². The lowest BCUT2D eigenvalue weighted by Gasteiger charge is -2.27. The number of aryl methyl sites for hydroxylation is 1. The van der Waals surface area contributed by atoms with Crippen LogP contribution in [0.25, 0.3) is 0 Å². The summed E-state index contributed by atoms with van der Waals surface area (Å²) < 4.78 is 1.69. The molecule has 2 N–H and O–H groups in total. The first-order valence-corrected chi connectivity index (χ1v) is 8.83. The molecule has 0 fully saturated rings. The van der Waals surface area contributed by atoms with Gasteiger partial charge >= 0.3 is 0 Å². The number of hydrogen-bond donors (Lipinski definition) is 2. The molecule has 1 aliphatic heterocycles. The lowest BCUT2D eigenvalue weighted by atomic mass is 10.0. The molecule has 2 atom stereocenters. The van der Waals surface area contributed by atoms with Crippen molar-refractivity contribution in [2.24, 2.45) is 7.05 Å². The molecule has 5 nitrogen and oxygen atoms in total. The lowest BCUT2D eigenvalue weighted by Crippen LogP contribution is -2.39. The molecule has 0 bridgehead atoms. The van der Waals surface area contributed by atoms with Crippen LogP contribution in [0, 0.1) is 0 Å². The van der Waals surface area contributed by atoms with Crippen molar-refractivity contribution in [1.82, 2.24) is 20.4 Å². The highest BCUT2D eigenvalue weighted by Crippen LogP contribution is 2.37. The first-order chi connectivity index (χ1) is 11.1. The normalized spacial score (nSPS) is 18.3. The van der Waals surface area contributed by atoms with Gasteiger partial charge in [-0.3, -0.25) is 9.48 Å². The molecule has 3 rings (SSSR count). The molecule has 0 saturated heterocycles. The summed E-state index contributed by atoms with van der Waals surface area (Å²) in [6.45, 7) is 0. The van der Waals surface area contributed by atoms with E-state index < -0.39 is 6.04 Å². The monoisotopic (exact) mass is 350 g/mol. The zero-order chi connectivity index (χ0) is 16.4. The molecule has 2 unspecified atom stereocenters. The van der Waals surface area contributed by atoms with Crippen molar-refractivity contribution in [3.05, 3.63) is 46.7 Å². The van der Waals surface area contributed by atoms with E-state index in [9.17, 15) is 4.79 Å². The third-order valence-corrected chi connectivity index (χ3v) is 5.29. The smallest absolute Gasteiger partial charge is 0.242 e. The number of amides is 1. The van der Waals surface area contributed by atoms with Gasteiger partial charge < -0.3 is 10.6 Å². The number of hydrogen-bond acceptors (Lipinski definition) is 4. The summed E-state index contributed by atoms with van der Waals surface area (Å²) in [4.78, 5) is 13.9. The van der Waals surface area contributed by atoms with Gasteiger partial charge in [0.05, 0.1) is 12.2 Å². The number of thioether (sulfide) groups is 1. The number of carbonyl (C=O) groups excluding carboxylic acids is 1. The van der Waals surface area contributed by atoms with Crippen molar-refractivity contribution < 1.29 is 4.79 Å². The molecule has 1 aromatic heterocycles. The number of likely N-dealkylation sites (N-methyl/N-ethyl adjacent to an activating group) is 1. The van der Waals surface area contributed by atoms with Gasteiger partial charge in [-0.05, 0) is 37.2 Å². The standard InChI is InChI=1S/C16H19ClN4OS/c1-18-15(10-8-19-21(2)9-10)16(22)20-13-5-6-23-14-4-3-11(17)7-12(13)14/h3-4,7-9,13,15,18H,5-6H2,1-2H3,(H,20,22). The maximum Gasteiger partial charge on any atom is 0.242 e. The van der Waals surface area contributed by atoms with E-state index in [1.165, 1.54) is 4.90 Å². The summed E-state index contributed by atoms with van der Waals surface area (Å²) in [5.74, 6) is 0.930. The number of nitrogens with zero attached hydrogens (tertiary/aromatic N) is 2. The summed E-state index contributed by atoms with van der Waals surface area (Å²) in [6.07, 6.45) is 4.46. The summed E-state index contributed by atoms with van der Waals surface area (Å²) >= 11 is 7.92. The van der Waals surface area contributed by atoms with Crippen LogP contribution in [0.4, 0.5) is 0 Å². The molecule has 0 aliphatic carbocycles. The summed E-state index contributed by atoms with van der Waals surface area (Å²) in [5.41, 5.74) is 1.95. The van der Waals surface area contributed by atoms with Crippen molar-refractivity contribution in [2.75, 3.05) is 12.8 Å². The van der Waals surface area contributed by atoms with Gasteiger partial charge in [-0.15, -0.1) is 11.8 Å². The Kier molecular flexibility index (Phi) is 4.94. The number of carbonyl (C=O) groups is 1. The second-order valence-electron chi connectivity index (χ2n) is 5.55. The molecule has 0 radical (unpaired) electrons. The van der Waals surface area contributed by atoms with Gasteiger partial charge in [0, 0.05) is 34.5 Å². The minimum atomic E-state index is -0.416. The largest absolute Gasteiger partial charge is 0.348 e. The second-order valence-corrected chi connectivity index (χ2v) is 7.12. The molecule has 2 heterocycles. The van der Waals surface area contributed by atoms with Gasteiger partial charge in [-0.25, -0.2) is 0 Å². The maximum absolute atomic E-state index is 12.7. The first-order valence-electron chi connectivity index (χ1n) is 7.47. The van der Waals surface area contributed by atoms with Gasteiger partial charge in [0.15, 0.2) is 0 Å². The maximum atomic E-state index is 12.7. The van der Waals surface area contributed by atoms with Crippen LogP contribution in [0.5, 0.6) is 0 Å². The topological polar surface area (TPSA) is 59.0 Å². The fraction of sp³-hybridized carbons (Fsp3) is 0.375. The minimum absolute atomic E-state index is 0.00929. The zero-order valence-corrected chi connectivity index (χ0v) is 14.6. The number of aromatic nitrogens is 2.